The van der Waals surface area contributed by atoms with Crippen LogP contribution in [0.1, 0.15) is 15.2 Å². The molecule has 0 spiro atoms. The van der Waals surface area contributed by atoms with E-state index in [2.05, 4.69) is 0 Å². The molecule has 4 rings (SSSR count). The molecule has 134 valence electrons. The summed E-state index contributed by atoms with van der Waals surface area (Å²) in [5, 5.41) is 1.42. The molecule has 4 N–H and O–H groups in total. The number of aryl methyl sites for hydroxylation is 1. The standard InChI is InChI=1S/C21H16ClN3OS/c1-11-2-4-12(5-3-11)15-10-16(13-6-8-14(22)9-7-13)25-21-17(15)18(23)19(27-21)20(24)26/h2-10H,23H2,1H3,(H2,24,26). The van der Waals surface area contributed by atoms with E-state index in [0.717, 1.165) is 33.3 Å². The van der Waals surface area contributed by atoms with Crippen molar-refractivity contribution < 1.29 is 4.79 Å². The molecule has 0 aliphatic heterocycles. The number of fused-ring (bicyclic) bond motifs is 1. The topological polar surface area (TPSA) is 82.0 Å². The van der Waals surface area contributed by atoms with E-state index in [1.807, 2.05) is 61.5 Å². The van der Waals surface area contributed by atoms with Gasteiger partial charge < -0.3 is 11.5 Å². The first kappa shape index (κ1) is 17.5. The van der Waals surface area contributed by atoms with Gasteiger partial charge in [0.15, 0.2) is 0 Å². The zero-order chi connectivity index (χ0) is 19.1. The molecule has 0 fully saturated rings. The number of pyridine rings is 1. The summed E-state index contributed by atoms with van der Waals surface area (Å²) in [6.45, 7) is 2.04. The van der Waals surface area contributed by atoms with Gasteiger partial charge in [0.25, 0.3) is 5.91 Å². The third-order valence-corrected chi connectivity index (χ3v) is 5.79. The Labute approximate surface area is 165 Å². The maximum absolute atomic E-state index is 11.8. The van der Waals surface area contributed by atoms with Crippen molar-refractivity contribution in [2.45, 2.75) is 6.92 Å². The lowest BCUT2D eigenvalue weighted by atomic mass is 9.99. The number of thiophene rings is 1. The van der Waals surface area contributed by atoms with Crippen molar-refractivity contribution in [3.8, 4) is 22.4 Å². The van der Waals surface area contributed by atoms with Gasteiger partial charge in [0.2, 0.25) is 0 Å². The Kier molecular flexibility index (Phi) is 4.34. The first-order valence-corrected chi connectivity index (χ1v) is 9.49. The molecule has 0 saturated heterocycles. The lowest BCUT2D eigenvalue weighted by Gasteiger charge is -2.09. The minimum atomic E-state index is -0.543. The number of hydrogen-bond donors (Lipinski definition) is 2. The molecule has 4 aromatic rings. The molecule has 27 heavy (non-hydrogen) atoms. The summed E-state index contributed by atoms with van der Waals surface area (Å²) in [6.07, 6.45) is 0. The number of amides is 1. The fraction of sp³-hybridized carbons (Fsp3) is 0.0476. The van der Waals surface area contributed by atoms with Crippen LogP contribution < -0.4 is 11.5 Å². The van der Waals surface area contributed by atoms with Crippen molar-refractivity contribution in [1.29, 1.82) is 0 Å². The van der Waals surface area contributed by atoms with Crippen LogP contribution in [0.25, 0.3) is 32.6 Å². The van der Waals surface area contributed by atoms with Gasteiger partial charge in [-0.3, -0.25) is 4.79 Å². The summed E-state index contributed by atoms with van der Waals surface area (Å²) < 4.78 is 0. The summed E-state index contributed by atoms with van der Waals surface area (Å²) in [5.41, 5.74) is 17.0. The van der Waals surface area contributed by atoms with Crippen molar-refractivity contribution in [1.82, 2.24) is 4.98 Å². The predicted molar refractivity (Wildman–Crippen MR) is 113 cm³/mol. The minimum absolute atomic E-state index is 0.333. The van der Waals surface area contributed by atoms with Gasteiger partial charge >= 0.3 is 0 Å². The van der Waals surface area contributed by atoms with Crippen molar-refractivity contribution in [2.75, 3.05) is 5.73 Å². The van der Waals surface area contributed by atoms with E-state index in [-0.39, 0.29) is 0 Å². The number of primary amides is 1. The zero-order valence-corrected chi connectivity index (χ0v) is 16.1. The van der Waals surface area contributed by atoms with Gasteiger partial charge in [0.1, 0.15) is 9.71 Å². The van der Waals surface area contributed by atoms with Crippen LogP contribution >= 0.6 is 22.9 Å². The van der Waals surface area contributed by atoms with Gasteiger partial charge in [0, 0.05) is 16.0 Å². The highest BCUT2D eigenvalue weighted by atomic mass is 35.5. The maximum atomic E-state index is 11.8. The Balaban J connectivity index is 2.03. The summed E-state index contributed by atoms with van der Waals surface area (Å²) >= 11 is 7.23. The van der Waals surface area contributed by atoms with Crippen molar-refractivity contribution in [3.63, 3.8) is 0 Å². The normalized spacial score (nSPS) is 11.0. The molecule has 0 aliphatic rings. The quantitative estimate of drug-likeness (QED) is 0.497. The van der Waals surface area contributed by atoms with Crippen LogP contribution in [-0.4, -0.2) is 10.9 Å². The Bertz CT molecular complexity index is 1160. The molecule has 1 amide bonds. The number of carbonyl (C=O) groups excluding carboxylic acids is 1. The molecular weight excluding hydrogens is 378 g/mol. The third-order valence-electron chi connectivity index (χ3n) is 4.43. The molecule has 4 nitrogen and oxygen atoms in total. The number of aromatic nitrogens is 1. The molecular formula is C21H16ClN3OS. The second kappa shape index (κ2) is 6.68. The summed E-state index contributed by atoms with van der Waals surface area (Å²) in [4.78, 5) is 17.5. The van der Waals surface area contributed by atoms with Gasteiger partial charge in [-0.15, -0.1) is 11.3 Å². The third kappa shape index (κ3) is 3.16. The molecule has 0 atom stereocenters. The molecule has 0 radical (unpaired) electrons. The second-order valence-corrected chi connectivity index (χ2v) is 7.75. The molecule has 0 saturated carbocycles. The highest BCUT2D eigenvalue weighted by Gasteiger charge is 2.20. The van der Waals surface area contributed by atoms with E-state index < -0.39 is 5.91 Å². The first-order chi connectivity index (χ1) is 12.9. The monoisotopic (exact) mass is 393 g/mol. The van der Waals surface area contributed by atoms with Crippen LogP contribution in [-0.2, 0) is 0 Å². The Morgan fingerprint density at radius 2 is 1.67 bits per heavy atom. The number of halogens is 1. The first-order valence-electron chi connectivity index (χ1n) is 8.30. The van der Waals surface area contributed by atoms with Gasteiger partial charge in [-0.05, 0) is 36.2 Å². The highest BCUT2D eigenvalue weighted by Crippen LogP contribution is 2.41. The SMILES string of the molecule is Cc1ccc(-c2cc(-c3ccc(Cl)cc3)nc3sc(C(N)=O)c(N)c23)cc1. The Morgan fingerprint density at radius 3 is 2.30 bits per heavy atom. The lowest BCUT2D eigenvalue weighted by Crippen LogP contribution is -2.10. The number of anilines is 1. The smallest absolute Gasteiger partial charge is 0.260 e. The Morgan fingerprint density at radius 1 is 1.04 bits per heavy atom. The number of nitrogens with zero attached hydrogens (tertiary/aromatic N) is 1. The van der Waals surface area contributed by atoms with Crippen LogP contribution in [0.4, 0.5) is 5.69 Å². The molecule has 6 heteroatoms. The summed E-state index contributed by atoms with van der Waals surface area (Å²) in [6, 6.07) is 17.6. The van der Waals surface area contributed by atoms with Gasteiger partial charge in [0.05, 0.1) is 11.4 Å². The fourth-order valence-corrected chi connectivity index (χ4v) is 4.13. The van der Waals surface area contributed by atoms with Gasteiger partial charge in [-0.2, -0.15) is 0 Å². The van der Waals surface area contributed by atoms with E-state index in [9.17, 15) is 4.79 Å². The van der Waals surface area contributed by atoms with E-state index >= 15 is 0 Å². The predicted octanol–water partition coefficient (Wildman–Crippen LogP) is 5.27. The number of carbonyl (C=O) groups is 1. The summed E-state index contributed by atoms with van der Waals surface area (Å²) in [7, 11) is 0. The van der Waals surface area contributed by atoms with Crippen LogP contribution in [0.15, 0.2) is 54.6 Å². The van der Waals surface area contributed by atoms with Crippen LogP contribution in [0, 0.1) is 6.92 Å². The molecule has 2 aromatic carbocycles. The summed E-state index contributed by atoms with van der Waals surface area (Å²) in [5.74, 6) is -0.543. The van der Waals surface area contributed by atoms with Crippen molar-refractivity contribution in [3.05, 3.63) is 70.1 Å². The van der Waals surface area contributed by atoms with Crippen molar-refractivity contribution in [2.24, 2.45) is 5.73 Å². The molecule has 2 heterocycles. The zero-order valence-electron chi connectivity index (χ0n) is 14.5. The number of rotatable bonds is 3. The Hall–Kier alpha value is -2.89. The van der Waals surface area contributed by atoms with Crippen LogP contribution in [0.3, 0.4) is 0 Å². The maximum Gasteiger partial charge on any atom is 0.260 e. The molecule has 2 aromatic heterocycles. The highest BCUT2D eigenvalue weighted by molar-refractivity contribution is 7.21. The lowest BCUT2D eigenvalue weighted by molar-refractivity contribution is 0.100. The number of nitrogens with two attached hydrogens (primary N) is 2. The molecule has 0 bridgehead atoms. The second-order valence-electron chi connectivity index (χ2n) is 6.32. The number of benzene rings is 2. The molecule has 0 unspecified atom stereocenters. The number of hydrogen-bond acceptors (Lipinski definition) is 4. The van der Waals surface area contributed by atoms with E-state index in [0.29, 0.717) is 20.4 Å². The van der Waals surface area contributed by atoms with Gasteiger partial charge in [-0.1, -0.05) is 53.6 Å². The largest absolute Gasteiger partial charge is 0.397 e. The van der Waals surface area contributed by atoms with Crippen LogP contribution in [0.5, 0.6) is 0 Å². The van der Waals surface area contributed by atoms with E-state index in [4.69, 9.17) is 28.1 Å². The van der Waals surface area contributed by atoms with E-state index in [1.165, 1.54) is 11.3 Å². The van der Waals surface area contributed by atoms with Crippen molar-refractivity contribution >= 4 is 44.7 Å². The molecule has 0 aliphatic carbocycles. The van der Waals surface area contributed by atoms with E-state index in [1.54, 1.807) is 0 Å². The average molecular weight is 394 g/mol. The minimum Gasteiger partial charge on any atom is -0.397 e. The number of nitrogen functional groups attached to an aromatic ring is 1. The fourth-order valence-electron chi connectivity index (χ4n) is 3.03. The van der Waals surface area contributed by atoms with Gasteiger partial charge in [-0.25, -0.2) is 4.98 Å². The average Bonchev–Trinajstić information content (AvgIpc) is 2.99. The van der Waals surface area contributed by atoms with Crippen LogP contribution in [0.2, 0.25) is 5.02 Å².